The van der Waals surface area contributed by atoms with Crippen molar-refractivity contribution >= 4 is 17.6 Å². The lowest BCUT2D eigenvalue weighted by Gasteiger charge is -2.12. The number of nitrogens with two attached hydrogens (primary N) is 1. The lowest BCUT2D eigenvalue weighted by atomic mass is 10.1. The van der Waals surface area contributed by atoms with Crippen molar-refractivity contribution in [3.8, 4) is 5.69 Å². The van der Waals surface area contributed by atoms with Gasteiger partial charge in [0.15, 0.2) is 5.15 Å². The fraction of sp³-hybridized carbons (Fsp3) is 0.167. The lowest BCUT2D eigenvalue weighted by Crippen LogP contribution is -2.32. The van der Waals surface area contributed by atoms with Crippen LogP contribution in [0.25, 0.3) is 5.69 Å². The van der Waals surface area contributed by atoms with E-state index in [1.165, 1.54) is 0 Å². The van der Waals surface area contributed by atoms with Crippen LogP contribution in [-0.2, 0) is 11.2 Å². The third kappa shape index (κ3) is 2.52. The Morgan fingerprint density at radius 3 is 2.94 bits per heavy atom. The highest BCUT2D eigenvalue weighted by atomic mass is 35.5. The van der Waals surface area contributed by atoms with Gasteiger partial charge in [-0.1, -0.05) is 11.6 Å². The molecule has 0 saturated heterocycles. The van der Waals surface area contributed by atoms with Gasteiger partial charge < -0.3 is 15.4 Å². The molecule has 0 bridgehead atoms. The summed E-state index contributed by atoms with van der Waals surface area (Å²) in [5.74, 6) is -1.03. The molecule has 2 heterocycles. The number of aromatic nitrogens is 2. The molecule has 0 radical (unpaired) electrons. The Morgan fingerprint density at radius 1 is 1.50 bits per heavy atom. The molecule has 1 atom stereocenters. The molecule has 0 fully saturated rings. The zero-order chi connectivity index (χ0) is 13.1. The first-order valence-electron chi connectivity index (χ1n) is 5.35. The van der Waals surface area contributed by atoms with Crippen molar-refractivity contribution in [2.45, 2.75) is 12.5 Å². The van der Waals surface area contributed by atoms with Crippen LogP contribution >= 0.6 is 11.6 Å². The predicted molar refractivity (Wildman–Crippen MR) is 67.9 cm³/mol. The molecule has 2 rings (SSSR count). The van der Waals surface area contributed by atoms with E-state index < -0.39 is 12.0 Å². The lowest BCUT2D eigenvalue weighted by molar-refractivity contribution is -0.138. The van der Waals surface area contributed by atoms with E-state index in [0.717, 1.165) is 5.69 Å². The van der Waals surface area contributed by atoms with Gasteiger partial charge in [-0.2, -0.15) is 0 Å². The maximum Gasteiger partial charge on any atom is 0.320 e. The van der Waals surface area contributed by atoms with E-state index in [4.69, 9.17) is 22.4 Å². The molecule has 6 heteroatoms. The molecule has 0 aliphatic heterocycles. The second-order valence-corrected chi connectivity index (χ2v) is 4.19. The smallest absolute Gasteiger partial charge is 0.320 e. The van der Waals surface area contributed by atoms with Gasteiger partial charge in [-0.15, -0.1) is 0 Å². The molecule has 0 aromatic carbocycles. The van der Waals surface area contributed by atoms with Crippen LogP contribution in [0.5, 0.6) is 0 Å². The first-order chi connectivity index (χ1) is 8.59. The fourth-order valence-corrected chi connectivity index (χ4v) is 1.90. The molecule has 2 aromatic rings. The van der Waals surface area contributed by atoms with Crippen LogP contribution in [0, 0.1) is 0 Å². The third-order valence-electron chi connectivity index (χ3n) is 2.58. The van der Waals surface area contributed by atoms with Gasteiger partial charge >= 0.3 is 5.97 Å². The van der Waals surface area contributed by atoms with Crippen molar-refractivity contribution in [2.24, 2.45) is 5.73 Å². The highest BCUT2D eigenvalue weighted by molar-refractivity contribution is 6.31. The minimum Gasteiger partial charge on any atom is -0.480 e. The van der Waals surface area contributed by atoms with Crippen molar-refractivity contribution in [2.75, 3.05) is 0 Å². The fourth-order valence-electron chi connectivity index (χ4n) is 1.69. The average Bonchev–Trinajstić information content (AvgIpc) is 2.77. The van der Waals surface area contributed by atoms with E-state index in [-0.39, 0.29) is 6.42 Å². The summed E-state index contributed by atoms with van der Waals surface area (Å²) < 4.78 is 1.79. The van der Waals surface area contributed by atoms with Crippen molar-refractivity contribution in [3.63, 3.8) is 0 Å². The van der Waals surface area contributed by atoms with E-state index in [1.54, 1.807) is 23.0 Å². The van der Waals surface area contributed by atoms with Crippen LogP contribution in [0.3, 0.4) is 0 Å². The average molecular weight is 266 g/mol. The second-order valence-electron chi connectivity index (χ2n) is 3.83. The van der Waals surface area contributed by atoms with Crippen LogP contribution in [0.4, 0.5) is 0 Å². The van der Waals surface area contributed by atoms with Gasteiger partial charge in [0.1, 0.15) is 6.04 Å². The maximum atomic E-state index is 10.8. The SMILES string of the molecule is NC(Cc1cccn1-c1cccnc1Cl)C(=O)O. The van der Waals surface area contributed by atoms with E-state index in [0.29, 0.717) is 10.8 Å². The van der Waals surface area contributed by atoms with Gasteiger partial charge in [-0.05, 0) is 24.3 Å². The molecule has 2 aromatic heterocycles. The number of carboxylic acid groups (broad SMARTS) is 1. The highest BCUT2D eigenvalue weighted by Gasteiger charge is 2.15. The highest BCUT2D eigenvalue weighted by Crippen LogP contribution is 2.20. The van der Waals surface area contributed by atoms with Gasteiger partial charge in [0.25, 0.3) is 0 Å². The Labute approximate surface area is 109 Å². The molecule has 1 unspecified atom stereocenters. The first kappa shape index (κ1) is 12.6. The summed E-state index contributed by atoms with van der Waals surface area (Å²) in [6, 6.07) is 6.26. The topological polar surface area (TPSA) is 81.1 Å². The number of carbonyl (C=O) groups is 1. The molecule has 94 valence electrons. The molecule has 0 aliphatic carbocycles. The van der Waals surface area contributed by atoms with Crippen LogP contribution in [-0.4, -0.2) is 26.7 Å². The monoisotopic (exact) mass is 265 g/mol. The van der Waals surface area contributed by atoms with Crippen molar-refractivity contribution in [1.29, 1.82) is 0 Å². The van der Waals surface area contributed by atoms with E-state index in [2.05, 4.69) is 4.98 Å². The van der Waals surface area contributed by atoms with Crippen molar-refractivity contribution < 1.29 is 9.90 Å². The number of halogens is 1. The van der Waals surface area contributed by atoms with Gasteiger partial charge in [0, 0.05) is 24.5 Å². The molecule has 5 nitrogen and oxygen atoms in total. The molecular weight excluding hydrogens is 254 g/mol. The zero-order valence-corrected chi connectivity index (χ0v) is 10.2. The number of pyridine rings is 1. The Morgan fingerprint density at radius 2 is 2.28 bits per heavy atom. The third-order valence-corrected chi connectivity index (χ3v) is 2.87. The molecule has 0 aliphatic rings. The van der Waals surface area contributed by atoms with Crippen molar-refractivity contribution in [1.82, 2.24) is 9.55 Å². The number of hydrogen-bond acceptors (Lipinski definition) is 3. The number of hydrogen-bond donors (Lipinski definition) is 2. The van der Waals surface area contributed by atoms with Crippen LogP contribution in [0.15, 0.2) is 36.7 Å². The maximum absolute atomic E-state index is 10.8. The summed E-state index contributed by atoms with van der Waals surface area (Å²) in [5, 5.41) is 9.18. The van der Waals surface area contributed by atoms with Gasteiger partial charge in [-0.25, -0.2) is 4.98 Å². The quantitative estimate of drug-likeness (QED) is 0.821. The Hall–Kier alpha value is -1.85. The van der Waals surface area contributed by atoms with Crippen LogP contribution in [0.1, 0.15) is 5.69 Å². The molecular formula is C12H12ClN3O2. The molecule has 18 heavy (non-hydrogen) atoms. The number of nitrogens with zero attached hydrogens (tertiary/aromatic N) is 2. The number of carboxylic acids is 1. The number of aliphatic carboxylic acids is 1. The summed E-state index contributed by atoms with van der Waals surface area (Å²) in [6.07, 6.45) is 3.62. The van der Waals surface area contributed by atoms with E-state index in [9.17, 15) is 4.79 Å². The Balaban J connectivity index is 2.34. The summed E-state index contributed by atoms with van der Waals surface area (Å²) in [7, 11) is 0. The van der Waals surface area contributed by atoms with Crippen LogP contribution in [0.2, 0.25) is 5.15 Å². The van der Waals surface area contributed by atoms with E-state index in [1.807, 2.05) is 18.2 Å². The second kappa shape index (κ2) is 5.20. The van der Waals surface area contributed by atoms with Gasteiger partial charge in [-0.3, -0.25) is 4.79 Å². The normalized spacial score (nSPS) is 12.3. The summed E-state index contributed by atoms with van der Waals surface area (Å²) >= 11 is 6.01. The summed E-state index contributed by atoms with van der Waals surface area (Å²) in [5.41, 5.74) is 7.01. The van der Waals surface area contributed by atoms with Crippen molar-refractivity contribution in [3.05, 3.63) is 47.5 Å². The summed E-state index contributed by atoms with van der Waals surface area (Å²) in [6.45, 7) is 0. The minimum absolute atomic E-state index is 0.230. The van der Waals surface area contributed by atoms with Crippen LogP contribution < -0.4 is 5.73 Å². The molecule has 0 amide bonds. The summed E-state index contributed by atoms with van der Waals surface area (Å²) in [4.78, 5) is 14.8. The van der Waals surface area contributed by atoms with E-state index >= 15 is 0 Å². The Kier molecular flexibility index (Phi) is 3.64. The Bertz CT molecular complexity index is 568. The standard InChI is InChI=1S/C12H12ClN3O2/c13-11-10(4-1-5-15-11)16-6-2-3-8(16)7-9(14)12(17)18/h1-6,9H,7,14H2,(H,17,18). The molecule has 3 N–H and O–H groups in total. The number of rotatable bonds is 4. The van der Waals surface area contributed by atoms with Gasteiger partial charge in [0.05, 0.1) is 5.69 Å². The molecule has 0 spiro atoms. The largest absolute Gasteiger partial charge is 0.480 e. The minimum atomic E-state index is -1.03. The zero-order valence-electron chi connectivity index (χ0n) is 9.45. The first-order valence-corrected chi connectivity index (χ1v) is 5.73. The molecule has 0 saturated carbocycles. The predicted octanol–water partition coefficient (Wildman–Crippen LogP) is 1.48. The van der Waals surface area contributed by atoms with Gasteiger partial charge in [0.2, 0.25) is 0 Å².